The molecule has 5 aromatic carbocycles. The minimum atomic E-state index is -0.0347. The molecular formula is C41H31N3. The summed E-state index contributed by atoms with van der Waals surface area (Å²) in [5.41, 5.74) is 14.1. The van der Waals surface area contributed by atoms with Crippen LogP contribution >= 0.6 is 0 Å². The van der Waals surface area contributed by atoms with Crippen LogP contribution < -0.4 is 0 Å². The van der Waals surface area contributed by atoms with Gasteiger partial charge in [-0.1, -0.05) is 128 Å². The van der Waals surface area contributed by atoms with Crippen LogP contribution in [0.25, 0.3) is 56.0 Å². The molecule has 1 saturated carbocycles. The highest BCUT2D eigenvalue weighted by Crippen LogP contribution is 2.58. The number of nitrogens with zero attached hydrogens (tertiary/aromatic N) is 3. The van der Waals surface area contributed by atoms with Crippen LogP contribution in [0.3, 0.4) is 0 Å². The van der Waals surface area contributed by atoms with Crippen LogP contribution in [-0.4, -0.2) is 9.97 Å². The van der Waals surface area contributed by atoms with E-state index in [1.165, 1.54) is 47.1 Å². The molecule has 44 heavy (non-hydrogen) atoms. The van der Waals surface area contributed by atoms with Crippen molar-refractivity contribution in [2.24, 2.45) is 0 Å². The Balaban J connectivity index is 1.36. The fraction of sp³-hybridized carbons (Fsp3) is 0.146. The highest BCUT2D eigenvalue weighted by molar-refractivity contribution is 5.98. The molecule has 0 radical (unpaired) electrons. The lowest BCUT2D eigenvalue weighted by atomic mass is 9.67. The molecule has 1 aromatic heterocycles. The van der Waals surface area contributed by atoms with E-state index in [-0.39, 0.29) is 5.41 Å². The van der Waals surface area contributed by atoms with E-state index >= 15 is 0 Å². The zero-order chi connectivity index (χ0) is 29.5. The number of nitriles is 1. The van der Waals surface area contributed by atoms with Gasteiger partial charge < -0.3 is 0 Å². The molecule has 0 saturated heterocycles. The standard InChI is InChI=1S/C41H31N3/c42-26-28-21-22-34-36(25-28)41(23-10-3-11-24-41)35-20-12-19-32(38(34)35)31-17-8-9-18-33(31)40-39(30-15-6-2-7-16-30)44-37(27-43-40)29-13-4-1-5-14-29/h1-2,4-9,12-22,25,27H,3,10-11,23-24H2. The molecule has 0 unspecified atom stereocenters. The third kappa shape index (κ3) is 4.18. The average molecular weight is 566 g/mol. The van der Waals surface area contributed by atoms with Gasteiger partial charge in [-0.15, -0.1) is 0 Å². The van der Waals surface area contributed by atoms with Crippen molar-refractivity contribution in [1.82, 2.24) is 9.97 Å². The Morgan fingerprint density at radius 1 is 0.568 bits per heavy atom. The van der Waals surface area contributed by atoms with Crippen molar-refractivity contribution in [1.29, 1.82) is 5.26 Å². The molecular weight excluding hydrogens is 534 g/mol. The first-order chi connectivity index (χ1) is 21.8. The molecule has 3 nitrogen and oxygen atoms in total. The Kier molecular flexibility index (Phi) is 6.42. The first-order valence-electron chi connectivity index (χ1n) is 15.5. The number of fused-ring (bicyclic) bond motifs is 5. The van der Waals surface area contributed by atoms with Gasteiger partial charge in [0.15, 0.2) is 0 Å². The summed E-state index contributed by atoms with van der Waals surface area (Å²) >= 11 is 0. The van der Waals surface area contributed by atoms with Gasteiger partial charge in [-0.05, 0) is 58.4 Å². The van der Waals surface area contributed by atoms with Crippen LogP contribution in [0.5, 0.6) is 0 Å². The molecule has 0 amide bonds. The lowest BCUT2D eigenvalue weighted by Gasteiger charge is -2.36. The van der Waals surface area contributed by atoms with Gasteiger partial charge in [0.05, 0.1) is 34.9 Å². The molecule has 2 aliphatic carbocycles. The Labute approximate surface area is 258 Å². The summed E-state index contributed by atoms with van der Waals surface area (Å²) in [5.74, 6) is 0. The SMILES string of the molecule is N#Cc1ccc2c(c1)C1(CCCCC1)c1cccc(-c3ccccc3-c3ncc(-c4ccccc4)nc3-c3ccccc3)c1-2. The van der Waals surface area contributed by atoms with E-state index in [4.69, 9.17) is 9.97 Å². The number of aromatic nitrogens is 2. The van der Waals surface area contributed by atoms with Crippen molar-refractivity contribution >= 4 is 0 Å². The fourth-order valence-electron chi connectivity index (χ4n) is 7.59. The van der Waals surface area contributed by atoms with E-state index in [9.17, 15) is 5.26 Å². The Morgan fingerprint density at radius 3 is 2.00 bits per heavy atom. The maximum absolute atomic E-state index is 9.82. The van der Waals surface area contributed by atoms with Gasteiger partial charge >= 0.3 is 0 Å². The number of hydrogen-bond donors (Lipinski definition) is 0. The highest BCUT2D eigenvalue weighted by Gasteiger charge is 2.44. The molecule has 0 aliphatic heterocycles. The monoisotopic (exact) mass is 565 g/mol. The van der Waals surface area contributed by atoms with Crippen molar-refractivity contribution in [3.8, 4) is 62.1 Å². The molecule has 210 valence electrons. The molecule has 1 spiro atoms. The summed E-state index contributed by atoms with van der Waals surface area (Å²) in [5, 5.41) is 9.82. The maximum atomic E-state index is 9.82. The van der Waals surface area contributed by atoms with Crippen LogP contribution in [-0.2, 0) is 5.41 Å². The molecule has 0 bridgehead atoms. The van der Waals surface area contributed by atoms with Crippen LogP contribution in [0.15, 0.2) is 128 Å². The van der Waals surface area contributed by atoms with Crippen molar-refractivity contribution in [2.75, 3.05) is 0 Å². The van der Waals surface area contributed by atoms with Crippen LogP contribution in [0.4, 0.5) is 0 Å². The van der Waals surface area contributed by atoms with Gasteiger partial charge in [0.2, 0.25) is 0 Å². The molecule has 0 atom stereocenters. The molecule has 0 N–H and O–H groups in total. The summed E-state index contributed by atoms with van der Waals surface area (Å²) in [6.07, 6.45) is 7.83. The molecule has 6 aromatic rings. The van der Waals surface area contributed by atoms with Gasteiger partial charge in [0, 0.05) is 22.1 Å². The first-order valence-corrected chi connectivity index (χ1v) is 15.5. The van der Waals surface area contributed by atoms with Crippen molar-refractivity contribution in [2.45, 2.75) is 37.5 Å². The largest absolute Gasteiger partial charge is 0.252 e. The number of hydrogen-bond acceptors (Lipinski definition) is 3. The maximum Gasteiger partial charge on any atom is 0.0991 e. The second-order valence-electron chi connectivity index (χ2n) is 12.0. The lowest BCUT2D eigenvalue weighted by Crippen LogP contribution is -2.28. The molecule has 2 aliphatic rings. The van der Waals surface area contributed by atoms with E-state index in [2.05, 4.69) is 97.1 Å². The third-order valence-electron chi connectivity index (χ3n) is 9.58. The van der Waals surface area contributed by atoms with Crippen LogP contribution in [0.1, 0.15) is 48.8 Å². The molecule has 1 heterocycles. The van der Waals surface area contributed by atoms with E-state index in [1.54, 1.807) is 0 Å². The predicted octanol–water partition coefficient (Wildman–Crippen LogP) is 10.2. The topological polar surface area (TPSA) is 49.6 Å². The van der Waals surface area contributed by atoms with Gasteiger partial charge in [-0.3, -0.25) is 4.98 Å². The molecule has 1 fully saturated rings. The molecule has 8 rings (SSSR count). The summed E-state index contributed by atoms with van der Waals surface area (Å²) in [6.45, 7) is 0. The minimum Gasteiger partial charge on any atom is -0.252 e. The Morgan fingerprint density at radius 2 is 1.25 bits per heavy atom. The van der Waals surface area contributed by atoms with Crippen LogP contribution in [0, 0.1) is 11.3 Å². The normalized spacial score (nSPS) is 14.5. The van der Waals surface area contributed by atoms with Crippen molar-refractivity contribution in [3.05, 3.63) is 144 Å². The summed E-state index contributed by atoms with van der Waals surface area (Å²) in [7, 11) is 0. The van der Waals surface area contributed by atoms with Crippen LogP contribution in [0.2, 0.25) is 0 Å². The second-order valence-corrected chi connectivity index (χ2v) is 12.0. The van der Waals surface area contributed by atoms with Gasteiger partial charge in [0.1, 0.15) is 0 Å². The zero-order valence-corrected chi connectivity index (χ0v) is 24.5. The third-order valence-corrected chi connectivity index (χ3v) is 9.58. The Bertz CT molecular complexity index is 2050. The van der Waals surface area contributed by atoms with Gasteiger partial charge in [-0.2, -0.15) is 5.26 Å². The molecule has 3 heteroatoms. The van der Waals surface area contributed by atoms with E-state index < -0.39 is 0 Å². The van der Waals surface area contributed by atoms with Gasteiger partial charge in [0.25, 0.3) is 0 Å². The quantitative estimate of drug-likeness (QED) is 0.214. The fourth-order valence-corrected chi connectivity index (χ4v) is 7.59. The average Bonchev–Trinajstić information content (AvgIpc) is 3.37. The number of rotatable bonds is 4. The van der Waals surface area contributed by atoms with E-state index in [0.29, 0.717) is 0 Å². The smallest absolute Gasteiger partial charge is 0.0991 e. The summed E-state index contributed by atoms with van der Waals surface area (Å²) in [4.78, 5) is 10.4. The van der Waals surface area contributed by atoms with Crippen molar-refractivity contribution < 1.29 is 0 Å². The van der Waals surface area contributed by atoms with Crippen molar-refractivity contribution in [3.63, 3.8) is 0 Å². The van der Waals surface area contributed by atoms with Gasteiger partial charge in [-0.25, -0.2) is 4.98 Å². The Hall–Kier alpha value is -5.33. The predicted molar refractivity (Wildman–Crippen MR) is 178 cm³/mol. The lowest BCUT2D eigenvalue weighted by molar-refractivity contribution is 0.353. The minimum absolute atomic E-state index is 0.0347. The summed E-state index contributed by atoms with van der Waals surface area (Å²) < 4.78 is 0. The number of benzene rings is 5. The van der Waals surface area contributed by atoms with E-state index in [0.717, 1.165) is 57.7 Å². The van der Waals surface area contributed by atoms with E-state index in [1.807, 2.05) is 36.5 Å². The highest BCUT2D eigenvalue weighted by atomic mass is 14.8. The second kappa shape index (κ2) is 10.7. The zero-order valence-electron chi connectivity index (χ0n) is 24.5. The first kappa shape index (κ1) is 26.3. The summed E-state index contributed by atoms with van der Waals surface area (Å²) in [6, 6.07) is 44.8.